The number of rotatable bonds is 20. The molecule has 0 heterocycles. The third-order valence-electron chi connectivity index (χ3n) is 7.76. The second-order valence-electron chi connectivity index (χ2n) is 11.4. The Bertz CT molecular complexity index is 1490. The van der Waals surface area contributed by atoms with E-state index in [1.807, 2.05) is 0 Å². The van der Waals surface area contributed by atoms with Gasteiger partial charge in [-0.1, -0.05) is 26.3 Å². The van der Waals surface area contributed by atoms with E-state index in [2.05, 4.69) is 26.3 Å². The van der Waals surface area contributed by atoms with E-state index < -0.39 is 133 Å². The van der Waals surface area contributed by atoms with Gasteiger partial charge in [-0.05, 0) is 38.8 Å². The van der Waals surface area contributed by atoms with E-state index in [0.717, 1.165) is 0 Å². The number of hydrogen-bond donors (Lipinski definition) is 4. The van der Waals surface area contributed by atoms with Crippen LogP contribution < -0.4 is 0 Å². The summed E-state index contributed by atoms with van der Waals surface area (Å²) in [5.41, 5.74) is -10.5. The Labute approximate surface area is 287 Å². The fourth-order valence-electron chi connectivity index (χ4n) is 5.54. The van der Waals surface area contributed by atoms with Crippen LogP contribution in [0.5, 0.6) is 0 Å². The predicted octanol–water partition coefficient (Wildman–Crippen LogP) is 2.94. The van der Waals surface area contributed by atoms with E-state index in [4.69, 9.17) is 18.9 Å². The number of aliphatic carboxylic acids is 4. The molecule has 0 saturated carbocycles. The fourth-order valence-corrected chi connectivity index (χ4v) is 5.54. The maximum Gasteiger partial charge on any atom is 0.336 e. The van der Waals surface area contributed by atoms with E-state index in [9.17, 15) is 58.8 Å². The molecule has 16 nitrogen and oxygen atoms in total. The molecule has 1 aliphatic carbocycles. The largest absolute Gasteiger partial charge is 0.481 e. The summed E-state index contributed by atoms with van der Waals surface area (Å²) in [5, 5.41) is 43.1. The van der Waals surface area contributed by atoms with Crippen molar-refractivity contribution in [3.8, 4) is 0 Å². The molecule has 0 amide bonds. The number of ether oxygens (including phenoxy) is 4. The average Bonchev–Trinajstić information content (AvgIpc) is 3.00. The van der Waals surface area contributed by atoms with Crippen LogP contribution in [0.1, 0.15) is 53.4 Å². The third kappa shape index (κ3) is 9.00. The predicted molar refractivity (Wildman–Crippen MR) is 171 cm³/mol. The van der Waals surface area contributed by atoms with Crippen molar-refractivity contribution >= 4 is 47.8 Å². The molecule has 16 heteroatoms. The monoisotopic (exact) mass is 704 g/mol. The van der Waals surface area contributed by atoms with Crippen LogP contribution in [0.3, 0.4) is 0 Å². The molecule has 0 aliphatic heterocycles. The third-order valence-corrected chi connectivity index (χ3v) is 7.76. The van der Waals surface area contributed by atoms with Gasteiger partial charge in [0.15, 0.2) is 0 Å². The van der Waals surface area contributed by atoms with Gasteiger partial charge in [0.25, 0.3) is 0 Å². The molecular weight excluding hydrogens is 664 g/mol. The highest BCUT2D eigenvalue weighted by Gasteiger charge is 2.68. The lowest BCUT2D eigenvalue weighted by molar-refractivity contribution is -0.173. The summed E-state index contributed by atoms with van der Waals surface area (Å²) < 4.78 is 20.4. The quantitative estimate of drug-likeness (QED) is 0.0807. The van der Waals surface area contributed by atoms with Crippen molar-refractivity contribution in [3.05, 3.63) is 70.9 Å². The first-order chi connectivity index (χ1) is 23.1. The first-order valence-electron chi connectivity index (χ1n) is 14.8. The Kier molecular flexibility index (Phi) is 14.8. The Hall–Kier alpha value is -5.80. The van der Waals surface area contributed by atoms with Crippen LogP contribution in [0.2, 0.25) is 0 Å². The average molecular weight is 705 g/mol. The standard InChI is InChI=1S/C34H40O16/c1-17(2)27(39)47-13-9-21-23(25(35)36)24(26(37)38)22(10-14-48-28(40)18(3)4)34(32(45)46,12-16-50-30(42)20(7)8)33(21,31(43)44)11-15-49-29(41)19(5)6/h1,3,5,7,9-16H2,2,4,6,8H3,(H,35,36)(H,37,38)(H,43,44)(H,45,46). The van der Waals surface area contributed by atoms with Crippen molar-refractivity contribution in [1.29, 1.82) is 0 Å². The zero-order valence-corrected chi connectivity index (χ0v) is 28.2. The summed E-state index contributed by atoms with van der Waals surface area (Å²) >= 11 is 0. The topological polar surface area (TPSA) is 254 Å². The minimum absolute atomic E-state index is 0.103. The van der Waals surface area contributed by atoms with E-state index in [1.165, 1.54) is 27.7 Å². The summed E-state index contributed by atoms with van der Waals surface area (Å²) in [6.07, 6.45) is -3.69. The van der Waals surface area contributed by atoms with Crippen LogP contribution in [-0.2, 0) is 57.3 Å². The van der Waals surface area contributed by atoms with E-state index in [0.29, 0.717) is 0 Å². The lowest BCUT2D eigenvalue weighted by Gasteiger charge is -2.51. The second-order valence-corrected chi connectivity index (χ2v) is 11.4. The lowest BCUT2D eigenvalue weighted by Crippen LogP contribution is -2.59. The molecule has 0 spiro atoms. The molecule has 0 bridgehead atoms. The Morgan fingerprint density at radius 3 is 0.920 bits per heavy atom. The van der Waals surface area contributed by atoms with E-state index >= 15 is 0 Å². The van der Waals surface area contributed by atoms with Crippen molar-refractivity contribution in [2.45, 2.75) is 53.4 Å². The highest BCUT2D eigenvalue weighted by Crippen LogP contribution is 2.62. The molecule has 2 unspecified atom stereocenters. The van der Waals surface area contributed by atoms with Gasteiger partial charge in [0, 0.05) is 48.0 Å². The molecule has 0 aromatic carbocycles. The number of carbonyl (C=O) groups is 8. The van der Waals surface area contributed by atoms with Crippen molar-refractivity contribution in [1.82, 2.24) is 0 Å². The summed E-state index contributed by atoms with van der Waals surface area (Å²) in [7, 11) is 0. The molecule has 0 aromatic rings. The molecule has 0 radical (unpaired) electrons. The normalized spacial score (nSPS) is 18.3. The van der Waals surface area contributed by atoms with Crippen molar-refractivity contribution in [2.24, 2.45) is 10.8 Å². The Morgan fingerprint density at radius 1 is 0.480 bits per heavy atom. The maximum absolute atomic E-state index is 13.7. The Balaban J connectivity index is 4.48. The van der Waals surface area contributed by atoms with Gasteiger partial charge in [-0.2, -0.15) is 0 Å². The first-order valence-corrected chi connectivity index (χ1v) is 14.8. The van der Waals surface area contributed by atoms with Gasteiger partial charge in [-0.25, -0.2) is 28.8 Å². The number of esters is 4. The molecule has 1 aliphatic rings. The molecule has 4 N–H and O–H groups in total. The smallest absolute Gasteiger partial charge is 0.336 e. The molecular formula is C34H40O16. The summed E-state index contributed by atoms with van der Waals surface area (Å²) in [4.78, 5) is 102. The molecule has 50 heavy (non-hydrogen) atoms. The first kappa shape index (κ1) is 42.2. The highest BCUT2D eigenvalue weighted by molar-refractivity contribution is 6.11. The molecule has 2 atom stereocenters. The zero-order valence-electron chi connectivity index (χ0n) is 28.2. The summed E-state index contributed by atoms with van der Waals surface area (Å²) in [5.74, 6) is -12.1. The number of carbonyl (C=O) groups excluding carboxylic acids is 4. The van der Waals surface area contributed by atoms with Gasteiger partial charge in [-0.15, -0.1) is 0 Å². The molecule has 0 aromatic heterocycles. The molecule has 0 fully saturated rings. The second kappa shape index (κ2) is 17.6. The van der Waals surface area contributed by atoms with Gasteiger partial charge in [0.2, 0.25) is 0 Å². The summed E-state index contributed by atoms with van der Waals surface area (Å²) in [6, 6.07) is 0. The molecule has 272 valence electrons. The fraction of sp³-hybridized carbons (Fsp3) is 0.412. The van der Waals surface area contributed by atoms with Gasteiger partial charge < -0.3 is 39.4 Å². The SMILES string of the molecule is C=C(C)C(=O)OCCC1=C(C(=O)O)C(C(=O)O)=C(CCOC(=O)C(=C)C)C(CCOC(=O)C(=C)C)(C(=O)O)C1(CCOC(=O)C(=C)C)C(=O)O. The van der Waals surface area contributed by atoms with E-state index in [-0.39, 0.29) is 22.3 Å². The van der Waals surface area contributed by atoms with Crippen LogP contribution in [-0.4, -0.2) is 94.6 Å². The van der Waals surface area contributed by atoms with Gasteiger partial charge in [0.05, 0.1) is 37.6 Å². The van der Waals surface area contributed by atoms with Crippen LogP contribution >= 0.6 is 0 Å². The van der Waals surface area contributed by atoms with Crippen molar-refractivity contribution in [3.63, 3.8) is 0 Å². The van der Waals surface area contributed by atoms with Gasteiger partial charge in [0.1, 0.15) is 10.8 Å². The van der Waals surface area contributed by atoms with Crippen molar-refractivity contribution < 1.29 is 77.7 Å². The maximum atomic E-state index is 13.7. The van der Waals surface area contributed by atoms with Gasteiger partial charge in [-0.3, -0.25) is 9.59 Å². The highest BCUT2D eigenvalue weighted by atomic mass is 16.5. The zero-order chi connectivity index (χ0) is 38.7. The summed E-state index contributed by atoms with van der Waals surface area (Å²) in [6.45, 7) is 15.5. The molecule has 1 rings (SSSR count). The van der Waals surface area contributed by atoms with Gasteiger partial charge >= 0.3 is 47.8 Å². The van der Waals surface area contributed by atoms with Crippen LogP contribution in [0.4, 0.5) is 0 Å². The van der Waals surface area contributed by atoms with Crippen LogP contribution in [0.25, 0.3) is 0 Å². The number of hydrogen-bond acceptors (Lipinski definition) is 12. The van der Waals surface area contributed by atoms with E-state index in [1.54, 1.807) is 0 Å². The lowest BCUT2D eigenvalue weighted by atomic mass is 9.48. The van der Waals surface area contributed by atoms with Crippen LogP contribution in [0.15, 0.2) is 70.9 Å². The van der Waals surface area contributed by atoms with Crippen molar-refractivity contribution in [2.75, 3.05) is 26.4 Å². The number of carboxylic acids is 4. The van der Waals surface area contributed by atoms with Crippen LogP contribution in [0, 0.1) is 10.8 Å². The molecule has 0 saturated heterocycles. The Morgan fingerprint density at radius 2 is 0.720 bits per heavy atom. The minimum atomic E-state index is -3.01. The number of carboxylic acid groups (broad SMARTS) is 4. The minimum Gasteiger partial charge on any atom is -0.481 e.